The molecule has 0 aliphatic heterocycles. The summed E-state index contributed by atoms with van der Waals surface area (Å²) in [6.07, 6.45) is 2.16. The van der Waals surface area contributed by atoms with E-state index in [1.54, 1.807) is 23.1 Å². The van der Waals surface area contributed by atoms with Crippen LogP contribution < -0.4 is 0 Å². The van der Waals surface area contributed by atoms with Crippen LogP contribution >= 0.6 is 0 Å². The Morgan fingerprint density at radius 3 is 2.62 bits per heavy atom. The summed E-state index contributed by atoms with van der Waals surface area (Å²) in [6.45, 7) is 0.536. The molecule has 0 saturated heterocycles. The predicted molar refractivity (Wildman–Crippen MR) is 85.7 cm³/mol. The lowest BCUT2D eigenvalue weighted by Gasteiger charge is -2.24. The van der Waals surface area contributed by atoms with Crippen LogP contribution in [-0.4, -0.2) is 27.6 Å². The minimum Gasteiger partial charge on any atom is -0.467 e. The van der Waals surface area contributed by atoms with Crippen LogP contribution in [0, 0.1) is 0 Å². The highest BCUT2D eigenvalue weighted by Crippen LogP contribution is 2.17. The maximum absolute atomic E-state index is 12.6. The van der Waals surface area contributed by atoms with Gasteiger partial charge in [-0.15, -0.1) is 0 Å². The molecular formula is C18H18N2O4. The third-order valence-corrected chi connectivity index (χ3v) is 3.66. The summed E-state index contributed by atoms with van der Waals surface area (Å²) in [4.78, 5) is 14.2. The van der Waals surface area contributed by atoms with Crippen molar-refractivity contribution in [2.45, 2.75) is 19.1 Å². The van der Waals surface area contributed by atoms with Crippen molar-refractivity contribution in [3.63, 3.8) is 0 Å². The Morgan fingerprint density at radius 2 is 1.96 bits per heavy atom. The normalized spacial score (nSPS) is 12.0. The zero-order chi connectivity index (χ0) is 16.8. The number of carbonyl (C=O) groups excluding carboxylic acids is 1. The smallest absolute Gasteiger partial charge is 0.229 e. The van der Waals surface area contributed by atoms with E-state index in [4.69, 9.17) is 8.94 Å². The second-order valence-electron chi connectivity index (χ2n) is 5.46. The standard InChI is InChI=1S/C18H18N2O4/c21-16(17-7-4-9-23-17)13-20(12-14-5-2-1-3-6-14)18(22)11-15-8-10-24-19-15/h1-10,16,21H,11-13H2. The number of rotatable bonds is 7. The molecule has 2 heterocycles. The summed E-state index contributed by atoms with van der Waals surface area (Å²) in [5, 5.41) is 14.1. The van der Waals surface area contributed by atoms with E-state index in [9.17, 15) is 9.90 Å². The summed E-state index contributed by atoms with van der Waals surface area (Å²) >= 11 is 0. The molecular weight excluding hydrogens is 308 g/mol. The maximum Gasteiger partial charge on any atom is 0.229 e. The van der Waals surface area contributed by atoms with Gasteiger partial charge in [-0.3, -0.25) is 4.79 Å². The van der Waals surface area contributed by atoms with E-state index in [1.165, 1.54) is 12.5 Å². The molecule has 0 aliphatic rings. The van der Waals surface area contributed by atoms with Crippen LogP contribution in [0.4, 0.5) is 0 Å². The molecule has 1 aromatic carbocycles. The van der Waals surface area contributed by atoms with Crippen LogP contribution in [0.3, 0.4) is 0 Å². The average Bonchev–Trinajstić information content (AvgIpc) is 3.29. The second kappa shape index (κ2) is 7.61. The Morgan fingerprint density at radius 1 is 1.12 bits per heavy atom. The van der Waals surface area contributed by atoms with Gasteiger partial charge in [-0.2, -0.15) is 0 Å². The lowest BCUT2D eigenvalue weighted by molar-refractivity contribution is -0.132. The lowest BCUT2D eigenvalue weighted by Crippen LogP contribution is -2.35. The molecule has 1 unspecified atom stereocenters. The number of aliphatic hydroxyl groups excluding tert-OH is 1. The average molecular weight is 326 g/mol. The van der Waals surface area contributed by atoms with Gasteiger partial charge in [-0.1, -0.05) is 35.5 Å². The first kappa shape index (κ1) is 16.0. The first-order valence-corrected chi connectivity index (χ1v) is 7.65. The van der Waals surface area contributed by atoms with Gasteiger partial charge in [0.15, 0.2) is 0 Å². The Bertz CT molecular complexity index is 739. The monoisotopic (exact) mass is 326 g/mol. The van der Waals surface area contributed by atoms with Crippen molar-refractivity contribution >= 4 is 5.91 Å². The van der Waals surface area contributed by atoms with Gasteiger partial charge in [0.05, 0.1) is 24.9 Å². The first-order chi connectivity index (χ1) is 11.7. The summed E-state index contributed by atoms with van der Waals surface area (Å²) in [7, 11) is 0. The molecule has 1 N–H and O–H groups in total. The number of furan rings is 1. The third-order valence-electron chi connectivity index (χ3n) is 3.66. The maximum atomic E-state index is 12.6. The number of hydrogen-bond donors (Lipinski definition) is 1. The SMILES string of the molecule is O=C(Cc1ccon1)N(Cc1ccccc1)CC(O)c1ccco1. The van der Waals surface area contributed by atoms with Gasteiger partial charge < -0.3 is 18.9 Å². The number of hydrogen-bond acceptors (Lipinski definition) is 5. The Balaban J connectivity index is 1.73. The van der Waals surface area contributed by atoms with Crippen molar-refractivity contribution in [1.82, 2.24) is 10.1 Å². The minimum absolute atomic E-state index is 0.119. The molecule has 0 bridgehead atoms. The fraction of sp³-hybridized carbons (Fsp3) is 0.222. The second-order valence-corrected chi connectivity index (χ2v) is 5.46. The number of aliphatic hydroxyl groups is 1. The Labute approximate surface area is 139 Å². The molecule has 2 aromatic heterocycles. The molecule has 0 fully saturated rings. The molecule has 0 aliphatic carbocycles. The van der Waals surface area contributed by atoms with Crippen molar-refractivity contribution in [2.75, 3.05) is 6.54 Å². The van der Waals surface area contributed by atoms with Crippen LogP contribution in [0.5, 0.6) is 0 Å². The number of amides is 1. The van der Waals surface area contributed by atoms with Crippen LogP contribution in [0.2, 0.25) is 0 Å². The quantitative estimate of drug-likeness (QED) is 0.722. The highest BCUT2D eigenvalue weighted by Gasteiger charge is 2.21. The van der Waals surface area contributed by atoms with Crippen LogP contribution in [0.15, 0.2) is 70.0 Å². The molecule has 1 amide bonds. The van der Waals surface area contributed by atoms with E-state index < -0.39 is 6.10 Å². The van der Waals surface area contributed by atoms with Gasteiger partial charge in [-0.25, -0.2) is 0 Å². The first-order valence-electron chi connectivity index (χ1n) is 7.65. The highest BCUT2D eigenvalue weighted by molar-refractivity contribution is 5.78. The fourth-order valence-corrected chi connectivity index (χ4v) is 2.43. The van der Waals surface area contributed by atoms with E-state index in [0.29, 0.717) is 18.0 Å². The summed E-state index contributed by atoms with van der Waals surface area (Å²) < 4.78 is 9.98. The molecule has 1 atom stereocenters. The van der Waals surface area contributed by atoms with Gasteiger partial charge in [0.1, 0.15) is 18.1 Å². The van der Waals surface area contributed by atoms with Crippen molar-refractivity contribution < 1.29 is 18.8 Å². The van der Waals surface area contributed by atoms with Gasteiger partial charge in [0.2, 0.25) is 5.91 Å². The van der Waals surface area contributed by atoms with Gasteiger partial charge in [-0.05, 0) is 17.7 Å². The number of nitrogens with zero attached hydrogens (tertiary/aromatic N) is 2. The third kappa shape index (κ3) is 4.11. The zero-order valence-corrected chi connectivity index (χ0v) is 13.0. The topological polar surface area (TPSA) is 79.7 Å². The minimum atomic E-state index is -0.884. The highest BCUT2D eigenvalue weighted by atomic mass is 16.5. The van der Waals surface area contributed by atoms with Gasteiger partial charge in [0, 0.05) is 12.6 Å². The van der Waals surface area contributed by atoms with E-state index in [-0.39, 0.29) is 18.9 Å². The zero-order valence-electron chi connectivity index (χ0n) is 13.0. The molecule has 0 saturated carbocycles. The molecule has 124 valence electrons. The fourth-order valence-electron chi connectivity index (χ4n) is 2.43. The van der Waals surface area contributed by atoms with Crippen LogP contribution in [-0.2, 0) is 17.8 Å². The van der Waals surface area contributed by atoms with Crippen molar-refractivity contribution in [3.05, 3.63) is 78.1 Å². The predicted octanol–water partition coefficient (Wildman–Crippen LogP) is 2.57. The molecule has 0 radical (unpaired) electrons. The Kier molecular flexibility index (Phi) is 5.08. The molecule has 24 heavy (non-hydrogen) atoms. The summed E-state index contributed by atoms with van der Waals surface area (Å²) in [5.41, 5.74) is 1.54. The van der Waals surface area contributed by atoms with E-state index in [2.05, 4.69) is 5.16 Å². The Hall–Kier alpha value is -2.86. The number of benzene rings is 1. The van der Waals surface area contributed by atoms with Gasteiger partial charge in [0.25, 0.3) is 0 Å². The van der Waals surface area contributed by atoms with Crippen molar-refractivity contribution in [3.8, 4) is 0 Å². The number of aromatic nitrogens is 1. The number of carbonyl (C=O) groups is 1. The molecule has 3 rings (SSSR count). The van der Waals surface area contributed by atoms with E-state index in [1.807, 2.05) is 30.3 Å². The largest absolute Gasteiger partial charge is 0.467 e. The molecule has 0 spiro atoms. The molecule has 6 heteroatoms. The van der Waals surface area contributed by atoms with Crippen LogP contribution in [0.1, 0.15) is 23.1 Å². The van der Waals surface area contributed by atoms with Crippen molar-refractivity contribution in [1.29, 1.82) is 0 Å². The van der Waals surface area contributed by atoms with E-state index in [0.717, 1.165) is 5.56 Å². The molecule has 3 aromatic rings. The summed E-state index contributed by atoms with van der Waals surface area (Å²) in [6, 6.07) is 14.7. The van der Waals surface area contributed by atoms with Crippen LogP contribution in [0.25, 0.3) is 0 Å². The van der Waals surface area contributed by atoms with Crippen molar-refractivity contribution in [2.24, 2.45) is 0 Å². The lowest BCUT2D eigenvalue weighted by atomic mass is 10.1. The van der Waals surface area contributed by atoms with Gasteiger partial charge >= 0.3 is 0 Å². The summed E-state index contributed by atoms with van der Waals surface area (Å²) in [5.74, 6) is 0.292. The molecule has 6 nitrogen and oxygen atoms in total. The van der Waals surface area contributed by atoms with E-state index >= 15 is 0 Å².